The van der Waals surface area contributed by atoms with E-state index in [-0.39, 0.29) is 11.8 Å². The number of amides is 1. The molecule has 1 amide bonds. The summed E-state index contributed by atoms with van der Waals surface area (Å²) in [5.74, 6) is 1.18. The molecule has 1 aliphatic heterocycles. The van der Waals surface area contributed by atoms with Crippen molar-refractivity contribution in [3.8, 4) is 11.1 Å². The summed E-state index contributed by atoms with van der Waals surface area (Å²) >= 11 is 0. The van der Waals surface area contributed by atoms with Gasteiger partial charge in [0.15, 0.2) is 0 Å². The van der Waals surface area contributed by atoms with Crippen molar-refractivity contribution in [2.24, 2.45) is 5.92 Å². The van der Waals surface area contributed by atoms with Gasteiger partial charge in [-0.15, -0.1) is 0 Å². The lowest BCUT2D eigenvalue weighted by atomic mass is 9.95. The van der Waals surface area contributed by atoms with E-state index >= 15 is 0 Å². The van der Waals surface area contributed by atoms with Crippen LogP contribution in [0.1, 0.15) is 24.2 Å². The molecule has 1 aliphatic rings. The van der Waals surface area contributed by atoms with Crippen LogP contribution in [0, 0.1) is 12.8 Å². The molecule has 0 saturated carbocycles. The summed E-state index contributed by atoms with van der Waals surface area (Å²) < 4.78 is 5.42. The van der Waals surface area contributed by atoms with Gasteiger partial charge >= 0.3 is 0 Å². The second-order valence-corrected chi connectivity index (χ2v) is 7.57. The van der Waals surface area contributed by atoms with Crippen LogP contribution in [0.25, 0.3) is 11.1 Å². The number of rotatable bonds is 5. The lowest BCUT2D eigenvalue weighted by Crippen LogP contribution is -2.37. The minimum atomic E-state index is 0.0734. The Morgan fingerprint density at radius 2 is 1.82 bits per heavy atom. The van der Waals surface area contributed by atoms with E-state index in [2.05, 4.69) is 53.5 Å². The molecule has 0 radical (unpaired) electrons. The molecule has 3 aromatic rings. The summed E-state index contributed by atoms with van der Waals surface area (Å²) in [5, 5.41) is 3.09. The van der Waals surface area contributed by atoms with Gasteiger partial charge in [0.05, 0.1) is 12.8 Å². The number of nitrogens with one attached hydrogen (secondary N) is 1. The predicted octanol–water partition coefficient (Wildman–Crippen LogP) is 5.11. The summed E-state index contributed by atoms with van der Waals surface area (Å²) in [6.07, 6.45) is 3.47. The number of anilines is 1. The molecule has 0 spiro atoms. The fraction of sp³-hybridized carbons (Fsp3) is 0.292. The molecular formula is C24H26N2O2. The zero-order chi connectivity index (χ0) is 19.3. The topological polar surface area (TPSA) is 45.5 Å². The van der Waals surface area contributed by atoms with Crippen LogP contribution >= 0.6 is 0 Å². The Labute approximate surface area is 166 Å². The average molecular weight is 374 g/mol. The highest BCUT2D eigenvalue weighted by Gasteiger charge is 2.25. The zero-order valence-electron chi connectivity index (χ0n) is 16.2. The van der Waals surface area contributed by atoms with Crippen LogP contribution in [-0.2, 0) is 11.3 Å². The fourth-order valence-electron chi connectivity index (χ4n) is 3.79. The third kappa shape index (κ3) is 4.52. The second kappa shape index (κ2) is 8.44. The third-order valence-electron chi connectivity index (χ3n) is 5.42. The highest BCUT2D eigenvalue weighted by Crippen LogP contribution is 2.24. The summed E-state index contributed by atoms with van der Waals surface area (Å²) in [6, 6.07) is 20.5. The molecule has 1 N–H and O–H groups in total. The smallest absolute Gasteiger partial charge is 0.227 e. The average Bonchev–Trinajstić information content (AvgIpc) is 3.22. The van der Waals surface area contributed by atoms with Gasteiger partial charge in [0.2, 0.25) is 5.91 Å². The maximum absolute atomic E-state index is 12.6. The number of furan rings is 1. The second-order valence-electron chi connectivity index (χ2n) is 7.57. The predicted molar refractivity (Wildman–Crippen MR) is 112 cm³/mol. The van der Waals surface area contributed by atoms with Gasteiger partial charge in [-0.25, -0.2) is 0 Å². The van der Waals surface area contributed by atoms with Crippen molar-refractivity contribution in [3.63, 3.8) is 0 Å². The van der Waals surface area contributed by atoms with E-state index < -0.39 is 0 Å². The van der Waals surface area contributed by atoms with Gasteiger partial charge in [-0.2, -0.15) is 0 Å². The Morgan fingerprint density at radius 1 is 1.04 bits per heavy atom. The van der Waals surface area contributed by atoms with E-state index in [4.69, 9.17) is 4.42 Å². The molecule has 28 heavy (non-hydrogen) atoms. The van der Waals surface area contributed by atoms with Gasteiger partial charge in [0.25, 0.3) is 0 Å². The lowest BCUT2D eigenvalue weighted by Gasteiger charge is -2.30. The molecule has 144 valence electrons. The first kappa shape index (κ1) is 18.5. The largest absolute Gasteiger partial charge is 0.468 e. The Bertz CT molecular complexity index is 908. The number of piperidine rings is 1. The Kier molecular flexibility index (Phi) is 5.58. The van der Waals surface area contributed by atoms with Crippen LogP contribution in [0.3, 0.4) is 0 Å². The SMILES string of the molecule is Cc1cccc(-c2ccc(NC(=O)C3CCN(Cc4ccco4)CC3)cc2)c1. The number of aryl methyl sites for hydroxylation is 1. The Hall–Kier alpha value is -2.85. The Balaban J connectivity index is 1.30. The first-order valence-electron chi connectivity index (χ1n) is 9.90. The summed E-state index contributed by atoms with van der Waals surface area (Å²) in [7, 11) is 0. The number of benzene rings is 2. The van der Waals surface area contributed by atoms with E-state index in [9.17, 15) is 4.79 Å². The zero-order valence-corrected chi connectivity index (χ0v) is 16.2. The van der Waals surface area contributed by atoms with E-state index in [1.807, 2.05) is 24.3 Å². The molecule has 1 fully saturated rings. The molecule has 0 aliphatic carbocycles. The van der Waals surface area contributed by atoms with Crippen LogP contribution in [0.2, 0.25) is 0 Å². The van der Waals surface area contributed by atoms with Crippen molar-refractivity contribution in [1.82, 2.24) is 4.90 Å². The molecule has 1 aromatic heterocycles. The molecule has 2 aromatic carbocycles. The standard InChI is InChI=1S/C24H26N2O2/c1-18-4-2-5-21(16-18)19-7-9-22(10-8-19)25-24(27)20-11-13-26(14-12-20)17-23-6-3-15-28-23/h2-10,15-16,20H,11-14,17H2,1H3,(H,25,27). The van der Waals surface area contributed by atoms with Crippen LogP contribution in [0.15, 0.2) is 71.3 Å². The normalized spacial score (nSPS) is 15.5. The van der Waals surface area contributed by atoms with Crippen LogP contribution in [0.5, 0.6) is 0 Å². The molecule has 0 bridgehead atoms. The van der Waals surface area contributed by atoms with Crippen molar-refractivity contribution in [1.29, 1.82) is 0 Å². The maximum atomic E-state index is 12.6. The van der Waals surface area contributed by atoms with Crippen LogP contribution in [-0.4, -0.2) is 23.9 Å². The first-order chi connectivity index (χ1) is 13.7. The summed E-state index contributed by atoms with van der Waals surface area (Å²) in [4.78, 5) is 15.0. The Morgan fingerprint density at radius 3 is 2.50 bits per heavy atom. The molecule has 2 heterocycles. The minimum absolute atomic E-state index is 0.0734. The van der Waals surface area contributed by atoms with E-state index in [1.54, 1.807) is 6.26 Å². The maximum Gasteiger partial charge on any atom is 0.227 e. The molecular weight excluding hydrogens is 348 g/mol. The van der Waals surface area contributed by atoms with Crippen LogP contribution in [0.4, 0.5) is 5.69 Å². The summed E-state index contributed by atoms with van der Waals surface area (Å²) in [5.41, 5.74) is 4.46. The van der Waals surface area contributed by atoms with Gasteiger partial charge in [-0.05, 0) is 68.2 Å². The van der Waals surface area contributed by atoms with Gasteiger partial charge in [-0.1, -0.05) is 42.0 Å². The first-order valence-corrected chi connectivity index (χ1v) is 9.90. The van der Waals surface area contributed by atoms with Crippen molar-refractivity contribution in [2.45, 2.75) is 26.3 Å². The van der Waals surface area contributed by atoms with Gasteiger partial charge in [0.1, 0.15) is 5.76 Å². The van der Waals surface area contributed by atoms with Crippen molar-refractivity contribution >= 4 is 11.6 Å². The minimum Gasteiger partial charge on any atom is -0.468 e. The molecule has 4 rings (SSSR count). The lowest BCUT2D eigenvalue weighted by molar-refractivity contribution is -0.121. The molecule has 4 heteroatoms. The third-order valence-corrected chi connectivity index (χ3v) is 5.42. The number of hydrogen-bond acceptors (Lipinski definition) is 3. The monoisotopic (exact) mass is 374 g/mol. The van der Waals surface area contributed by atoms with Gasteiger partial charge in [0, 0.05) is 11.6 Å². The van der Waals surface area contributed by atoms with E-state index in [0.29, 0.717) is 0 Å². The highest BCUT2D eigenvalue weighted by atomic mass is 16.3. The van der Waals surface area contributed by atoms with Crippen molar-refractivity contribution in [3.05, 3.63) is 78.3 Å². The number of carbonyl (C=O) groups is 1. The van der Waals surface area contributed by atoms with Crippen molar-refractivity contribution < 1.29 is 9.21 Å². The van der Waals surface area contributed by atoms with E-state index in [0.717, 1.165) is 49.5 Å². The number of hydrogen-bond donors (Lipinski definition) is 1. The van der Waals surface area contributed by atoms with Gasteiger partial charge in [-0.3, -0.25) is 9.69 Å². The summed E-state index contributed by atoms with van der Waals surface area (Å²) in [6.45, 7) is 4.76. The number of likely N-dealkylation sites (tertiary alicyclic amines) is 1. The fourth-order valence-corrected chi connectivity index (χ4v) is 3.79. The van der Waals surface area contributed by atoms with Crippen LogP contribution < -0.4 is 5.32 Å². The van der Waals surface area contributed by atoms with Crippen molar-refractivity contribution in [2.75, 3.05) is 18.4 Å². The van der Waals surface area contributed by atoms with Gasteiger partial charge < -0.3 is 9.73 Å². The quantitative estimate of drug-likeness (QED) is 0.675. The molecule has 1 saturated heterocycles. The molecule has 0 unspecified atom stereocenters. The molecule has 0 atom stereocenters. The molecule has 4 nitrogen and oxygen atoms in total. The van der Waals surface area contributed by atoms with E-state index in [1.165, 1.54) is 11.1 Å². The highest BCUT2D eigenvalue weighted by molar-refractivity contribution is 5.92. The number of carbonyl (C=O) groups excluding carboxylic acids is 1. The number of nitrogens with zero attached hydrogens (tertiary/aromatic N) is 1.